The maximum atomic E-state index is 13.3. The van der Waals surface area contributed by atoms with Crippen molar-refractivity contribution in [3.63, 3.8) is 0 Å². The predicted molar refractivity (Wildman–Crippen MR) is 145 cm³/mol. The maximum absolute atomic E-state index is 13.3. The minimum Gasteiger partial charge on any atom is -0.463 e. The van der Waals surface area contributed by atoms with Crippen LogP contribution in [-0.2, 0) is 14.3 Å². The van der Waals surface area contributed by atoms with E-state index in [-0.39, 0.29) is 30.7 Å². The number of carbonyl (C=O) groups excluding carboxylic acids is 2. The molecule has 0 N–H and O–H groups in total. The number of aromatic nitrogens is 1. The van der Waals surface area contributed by atoms with Crippen LogP contribution in [0.1, 0.15) is 6.92 Å². The molecule has 5 nitrogen and oxygen atoms in total. The van der Waals surface area contributed by atoms with E-state index in [0.717, 1.165) is 27.6 Å². The quantitative estimate of drug-likeness (QED) is 0.231. The van der Waals surface area contributed by atoms with Crippen LogP contribution in [0.2, 0.25) is 0 Å². The number of para-hydroxylation sites is 1. The molecule has 1 saturated heterocycles. The second-order valence-corrected chi connectivity index (χ2v) is 8.68. The molecule has 0 saturated carbocycles. The smallest absolute Gasteiger partial charge is 0.333 e. The minimum absolute atomic E-state index is 0. The van der Waals surface area contributed by atoms with E-state index in [2.05, 4.69) is 0 Å². The summed E-state index contributed by atoms with van der Waals surface area (Å²) in [7, 11) is 0. The predicted octanol–water partition coefficient (Wildman–Crippen LogP) is 6.47. The van der Waals surface area contributed by atoms with Crippen molar-refractivity contribution in [1.82, 2.24) is 4.98 Å². The number of hydrogen-bond acceptors (Lipinski definition) is 5. The number of hydrogen-bond donors (Lipinski definition) is 0. The van der Waals surface area contributed by atoms with Crippen LogP contribution in [0.4, 0.5) is 5.69 Å². The Labute approximate surface area is 214 Å². The molecule has 35 heavy (non-hydrogen) atoms. The summed E-state index contributed by atoms with van der Waals surface area (Å²) in [4.78, 5) is 32.3. The zero-order valence-corrected chi connectivity index (χ0v) is 20.6. The molecule has 1 fully saturated rings. The van der Waals surface area contributed by atoms with Crippen molar-refractivity contribution in [2.45, 2.75) is 6.92 Å². The minimum atomic E-state index is -0.471. The fourth-order valence-electron chi connectivity index (χ4n) is 4.13. The van der Waals surface area contributed by atoms with E-state index in [1.807, 2.05) is 84.9 Å². The highest BCUT2D eigenvalue weighted by molar-refractivity contribution is 8.04. The van der Waals surface area contributed by atoms with Crippen LogP contribution in [-0.4, -0.2) is 29.2 Å². The van der Waals surface area contributed by atoms with E-state index in [4.69, 9.17) is 9.72 Å². The Morgan fingerprint density at radius 3 is 2.29 bits per heavy atom. The van der Waals surface area contributed by atoms with Gasteiger partial charge in [0.05, 0.1) is 40.4 Å². The zero-order chi connectivity index (χ0) is 23.5. The maximum Gasteiger partial charge on any atom is 0.333 e. The molecule has 0 radical (unpaired) electrons. The molecule has 3 aromatic carbocycles. The molecule has 0 bridgehead atoms. The number of thioether (sulfide) groups is 1. The van der Waals surface area contributed by atoms with Gasteiger partial charge in [0, 0.05) is 16.5 Å². The highest BCUT2D eigenvalue weighted by atomic mass is 35.5. The van der Waals surface area contributed by atoms with E-state index in [9.17, 15) is 9.59 Å². The second-order valence-electron chi connectivity index (χ2n) is 7.69. The van der Waals surface area contributed by atoms with Gasteiger partial charge in [0.2, 0.25) is 5.91 Å². The van der Waals surface area contributed by atoms with E-state index < -0.39 is 5.97 Å². The fraction of sp³-hybridized carbons (Fsp3) is 0.107. The normalized spacial score (nSPS) is 14.3. The third-order valence-electron chi connectivity index (χ3n) is 5.54. The monoisotopic (exact) mass is 502 g/mol. The summed E-state index contributed by atoms with van der Waals surface area (Å²) in [6.45, 7) is 2.03. The number of rotatable bonds is 5. The number of fused-ring (bicyclic) bond motifs is 1. The van der Waals surface area contributed by atoms with Gasteiger partial charge in [0.15, 0.2) is 0 Å². The van der Waals surface area contributed by atoms with Crippen LogP contribution in [0.15, 0.2) is 96.0 Å². The van der Waals surface area contributed by atoms with Gasteiger partial charge in [0.1, 0.15) is 0 Å². The first-order valence-electron chi connectivity index (χ1n) is 11.0. The third-order valence-corrected chi connectivity index (χ3v) is 6.53. The lowest BCUT2D eigenvalue weighted by Gasteiger charge is -2.25. The Morgan fingerprint density at radius 1 is 0.971 bits per heavy atom. The Morgan fingerprint density at radius 2 is 1.60 bits per heavy atom. The zero-order valence-electron chi connectivity index (χ0n) is 19.0. The lowest BCUT2D eigenvalue weighted by molar-refractivity contribution is -0.137. The van der Waals surface area contributed by atoms with Gasteiger partial charge < -0.3 is 4.74 Å². The first-order chi connectivity index (χ1) is 16.7. The van der Waals surface area contributed by atoms with Crippen molar-refractivity contribution in [2.75, 3.05) is 17.3 Å². The van der Waals surface area contributed by atoms with Crippen LogP contribution in [0, 0.1) is 0 Å². The van der Waals surface area contributed by atoms with Gasteiger partial charge in [0.25, 0.3) is 0 Å². The summed E-state index contributed by atoms with van der Waals surface area (Å²) in [6.07, 6.45) is 1.40. The van der Waals surface area contributed by atoms with E-state index >= 15 is 0 Å². The molecule has 1 aliphatic rings. The van der Waals surface area contributed by atoms with E-state index in [1.165, 1.54) is 17.8 Å². The number of halogens is 1. The van der Waals surface area contributed by atoms with Crippen LogP contribution < -0.4 is 4.90 Å². The Bertz CT molecular complexity index is 1410. The first kappa shape index (κ1) is 24.5. The van der Waals surface area contributed by atoms with Gasteiger partial charge in [-0.05, 0) is 18.6 Å². The standard InChI is InChI=1S/C28H22N2O3S.ClH/c1-2-33-25(32)17-24-30(23(31)18-34-24)28-26(19-11-5-3-6-12-19)21-15-9-10-16-22(21)29-27(28)20-13-7-4-8-14-20;/h3-17H,2,18H2,1H3;1H/b24-17+;. The number of benzene rings is 3. The first-order valence-corrected chi connectivity index (χ1v) is 12.0. The SMILES string of the molecule is CCOC(=O)/C=C1/SCC(=O)N1c1c(-c2ccccc2)nc2ccccc2c1-c1ccccc1.Cl. The van der Waals surface area contributed by atoms with Crippen molar-refractivity contribution in [3.8, 4) is 22.4 Å². The molecule has 0 atom stereocenters. The molecule has 0 unspecified atom stereocenters. The number of ether oxygens (including phenoxy) is 1. The third kappa shape index (κ3) is 4.81. The summed E-state index contributed by atoms with van der Waals surface area (Å²) in [5.41, 5.74) is 4.94. The molecule has 7 heteroatoms. The summed E-state index contributed by atoms with van der Waals surface area (Å²) in [5, 5.41) is 1.47. The van der Waals surface area contributed by atoms with Crippen molar-refractivity contribution in [3.05, 3.63) is 96.0 Å². The number of anilines is 1. The van der Waals surface area contributed by atoms with Crippen molar-refractivity contribution in [1.29, 1.82) is 0 Å². The summed E-state index contributed by atoms with van der Waals surface area (Å²) in [5.74, 6) is -0.339. The molecule has 4 aromatic rings. The molecule has 176 valence electrons. The van der Waals surface area contributed by atoms with E-state index in [1.54, 1.807) is 11.8 Å². The highest BCUT2D eigenvalue weighted by Gasteiger charge is 2.34. The molecule has 2 heterocycles. The molecule has 1 amide bonds. The topological polar surface area (TPSA) is 59.5 Å². The lowest BCUT2D eigenvalue weighted by atomic mass is 9.95. The van der Waals surface area contributed by atoms with Gasteiger partial charge in [-0.1, -0.05) is 90.6 Å². The average Bonchev–Trinajstić information content (AvgIpc) is 3.23. The molecule has 0 aliphatic carbocycles. The molecule has 1 aliphatic heterocycles. The van der Waals surface area contributed by atoms with Gasteiger partial charge in [-0.2, -0.15) is 0 Å². The van der Waals surface area contributed by atoms with Crippen LogP contribution >= 0.6 is 24.2 Å². The number of esters is 1. The molecular formula is C28H23ClN2O3S. The van der Waals surface area contributed by atoms with Crippen molar-refractivity contribution >= 4 is 52.6 Å². The Kier molecular flexibility index (Phi) is 7.54. The molecular weight excluding hydrogens is 480 g/mol. The van der Waals surface area contributed by atoms with Gasteiger partial charge in [-0.25, -0.2) is 9.78 Å². The number of pyridine rings is 1. The number of nitrogens with zero attached hydrogens (tertiary/aromatic N) is 2. The molecule has 5 rings (SSSR count). The number of carbonyl (C=O) groups is 2. The molecule has 1 aromatic heterocycles. The van der Waals surface area contributed by atoms with Gasteiger partial charge in [-0.15, -0.1) is 12.4 Å². The average molecular weight is 503 g/mol. The highest BCUT2D eigenvalue weighted by Crippen LogP contribution is 2.47. The lowest BCUT2D eigenvalue weighted by Crippen LogP contribution is -2.26. The van der Waals surface area contributed by atoms with E-state index in [0.29, 0.717) is 16.4 Å². The van der Waals surface area contributed by atoms with Crippen molar-refractivity contribution in [2.24, 2.45) is 0 Å². The van der Waals surface area contributed by atoms with Crippen LogP contribution in [0.5, 0.6) is 0 Å². The van der Waals surface area contributed by atoms with Gasteiger partial charge >= 0.3 is 5.97 Å². The Balaban J connectivity index is 0.00000289. The molecule has 0 spiro atoms. The van der Waals surface area contributed by atoms with Crippen molar-refractivity contribution < 1.29 is 14.3 Å². The second kappa shape index (κ2) is 10.8. The number of amides is 1. The van der Waals surface area contributed by atoms with Crippen LogP contribution in [0.25, 0.3) is 33.3 Å². The summed E-state index contributed by atoms with van der Waals surface area (Å²) >= 11 is 1.33. The van der Waals surface area contributed by atoms with Gasteiger partial charge in [-0.3, -0.25) is 9.69 Å². The largest absolute Gasteiger partial charge is 0.463 e. The summed E-state index contributed by atoms with van der Waals surface area (Å²) in [6, 6.07) is 27.7. The fourth-order valence-corrected chi connectivity index (χ4v) is 5.03. The summed E-state index contributed by atoms with van der Waals surface area (Å²) < 4.78 is 5.14. The van der Waals surface area contributed by atoms with Crippen LogP contribution in [0.3, 0.4) is 0 Å². The Hall–Kier alpha value is -3.61.